The Bertz CT molecular complexity index is 439. The standard InChI is InChI=1S/C13H14BrF4N/c14-11-6-5-10(7-12(11)15)19-9-3-1-8(2-4-9)13(16,17)18/h5-9,19H,1-4H2. The third-order valence-corrected chi connectivity index (χ3v) is 4.12. The van der Waals surface area contributed by atoms with Gasteiger partial charge in [-0.1, -0.05) is 0 Å². The van der Waals surface area contributed by atoms with Crippen molar-refractivity contribution in [1.29, 1.82) is 0 Å². The largest absolute Gasteiger partial charge is 0.391 e. The Hall–Kier alpha value is -0.780. The summed E-state index contributed by atoms with van der Waals surface area (Å²) >= 11 is 3.06. The minimum Gasteiger partial charge on any atom is -0.382 e. The van der Waals surface area contributed by atoms with Gasteiger partial charge >= 0.3 is 6.18 Å². The summed E-state index contributed by atoms with van der Waals surface area (Å²) in [5.74, 6) is -1.57. The molecule has 0 aliphatic heterocycles. The Morgan fingerprint density at radius 1 is 1.11 bits per heavy atom. The number of alkyl halides is 3. The summed E-state index contributed by atoms with van der Waals surface area (Å²) in [5.41, 5.74) is 0.608. The molecule has 0 unspecified atom stereocenters. The van der Waals surface area contributed by atoms with Crippen LogP contribution >= 0.6 is 15.9 Å². The molecule has 6 heteroatoms. The fourth-order valence-electron chi connectivity index (χ4n) is 2.39. The zero-order chi connectivity index (χ0) is 14.0. The fourth-order valence-corrected chi connectivity index (χ4v) is 2.63. The van der Waals surface area contributed by atoms with Gasteiger partial charge in [-0.3, -0.25) is 0 Å². The Morgan fingerprint density at radius 2 is 1.74 bits per heavy atom. The van der Waals surface area contributed by atoms with E-state index in [2.05, 4.69) is 21.2 Å². The van der Waals surface area contributed by atoms with Crippen molar-refractivity contribution in [2.75, 3.05) is 5.32 Å². The average Bonchev–Trinajstić information content (AvgIpc) is 2.33. The van der Waals surface area contributed by atoms with Crippen molar-refractivity contribution in [3.05, 3.63) is 28.5 Å². The van der Waals surface area contributed by atoms with Crippen LogP contribution in [0, 0.1) is 11.7 Å². The lowest BCUT2D eigenvalue weighted by Crippen LogP contribution is -2.32. The van der Waals surface area contributed by atoms with Crippen LogP contribution in [0.15, 0.2) is 22.7 Å². The molecule has 2 rings (SSSR count). The van der Waals surface area contributed by atoms with Crippen LogP contribution in [-0.2, 0) is 0 Å². The summed E-state index contributed by atoms with van der Waals surface area (Å²) in [7, 11) is 0. The van der Waals surface area contributed by atoms with Crippen molar-refractivity contribution in [3.63, 3.8) is 0 Å². The summed E-state index contributed by atoms with van der Waals surface area (Å²) in [6.45, 7) is 0. The van der Waals surface area contributed by atoms with E-state index < -0.39 is 12.1 Å². The summed E-state index contributed by atoms with van der Waals surface area (Å²) in [6.07, 6.45) is -2.89. The minimum atomic E-state index is -4.09. The van der Waals surface area contributed by atoms with E-state index in [1.165, 1.54) is 6.07 Å². The molecule has 0 aromatic heterocycles. The molecule has 1 saturated carbocycles. The number of nitrogens with one attached hydrogen (secondary N) is 1. The molecular weight excluding hydrogens is 326 g/mol. The van der Waals surface area contributed by atoms with E-state index in [0.717, 1.165) is 0 Å². The first kappa shape index (κ1) is 14.6. The lowest BCUT2D eigenvalue weighted by molar-refractivity contribution is -0.182. The highest BCUT2D eigenvalue weighted by Gasteiger charge is 2.41. The first-order valence-corrected chi connectivity index (χ1v) is 6.94. The van der Waals surface area contributed by atoms with E-state index in [-0.39, 0.29) is 24.7 Å². The lowest BCUT2D eigenvalue weighted by Gasteiger charge is -2.30. The predicted molar refractivity (Wildman–Crippen MR) is 69.5 cm³/mol. The zero-order valence-electron chi connectivity index (χ0n) is 10.1. The Kier molecular flexibility index (Phi) is 4.38. The van der Waals surface area contributed by atoms with Crippen molar-refractivity contribution in [3.8, 4) is 0 Å². The highest BCUT2D eigenvalue weighted by Crippen LogP contribution is 2.38. The van der Waals surface area contributed by atoms with Gasteiger partial charge < -0.3 is 5.32 Å². The van der Waals surface area contributed by atoms with E-state index in [0.29, 0.717) is 23.0 Å². The highest BCUT2D eigenvalue weighted by molar-refractivity contribution is 9.10. The second-order valence-corrected chi connectivity index (χ2v) is 5.72. The van der Waals surface area contributed by atoms with Gasteiger partial charge in [-0.05, 0) is 59.8 Å². The Balaban J connectivity index is 1.90. The van der Waals surface area contributed by atoms with Crippen LogP contribution in [0.25, 0.3) is 0 Å². The van der Waals surface area contributed by atoms with Crippen LogP contribution in [0.5, 0.6) is 0 Å². The number of rotatable bonds is 2. The van der Waals surface area contributed by atoms with Crippen LogP contribution < -0.4 is 5.32 Å². The molecule has 0 bridgehead atoms. The van der Waals surface area contributed by atoms with Crippen LogP contribution in [-0.4, -0.2) is 12.2 Å². The highest BCUT2D eigenvalue weighted by atomic mass is 79.9. The van der Waals surface area contributed by atoms with Gasteiger partial charge in [-0.25, -0.2) is 4.39 Å². The first-order chi connectivity index (χ1) is 8.86. The van der Waals surface area contributed by atoms with Gasteiger partial charge in [0.1, 0.15) is 5.82 Å². The molecule has 1 aromatic carbocycles. The van der Waals surface area contributed by atoms with E-state index >= 15 is 0 Å². The van der Waals surface area contributed by atoms with Crippen molar-refractivity contribution >= 4 is 21.6 Å². The number of halogens is 5. The predicted octanol–water partition coefficient (Wildman–Crippen LogP) is 5.12. The normalized spacial score (nSPS) is 24.3. The molecule has 1 nitrogen and oxygen atoms in total. The van der Waals surface area contributed by atoms with Gasteiger partial charge in [-0.15, -0.1) is 0 Å². The van der Waals surface area contributed by atoms with Gasteiger partial charge in [-0.2, -0.15) is 13.2 Å². The van der Waals surface area contributed by atoms with Gasteiger partial charge in [0.25, 0.3) is 0 Å². The van der Waals surface area contributed by atoms with Crippen molar-refractivity contribution in [1.82, 2.24) is 0 Å². The summed E-state index contributed by atoms with van der Waals surface area (Å²) in [6, 6.07) is 4.63. The Morgan fingerprint density at radius 3 is 2.26 bits per heavy atom. The van der Waals surface area contributed by atoms with E-state index in [9.17, 15) is 17.6 Å². The molecule has 1 aliphatic rings. The number of hydrogen-bond acceptors (Lipinski definition) is 1. The van der Waals surface area contributed by atoms with Gasteiger partial charge in [0.05, 0.1) is 10.4 Å². The second-order valence-electron chi connectivity index (χ2n) is 4.86. The van der Waals surface area contributed by atoms with Gasteiger partial charge in [0.2, 0.25) is 0 Å². The molecule has 1 aromatic rings. The SMILES string of the molecule is Fc1cc(NC2CCC(C(F)(F)F)CC2)ccc1Br. The maximum atomic E-state index is 13.3. The third-order valence-electron chi connectivity index (χ3n) is 3.48. The maximum Gasteiger partial charge on any atom is 0.391 e. The van der Waals surface area contributed by atoms with Gasteiger partial charge in [0, 0.05) is 11.7 Å². The van der Waals surface area contributed by atoms with E-state index in [4.69, 9.17) is 0 Å². The maximum absolute atomic E-state index is 13.3. The van der Waals surface area contributed by atoms with Crippen LogP contribution in [0.4, 0.5) is 23.2 Å². The molecule has 0 saturated heterocycles. The molecule has 1 aliphatic carbocycles. The zero-order valence-corrected chi connectivity index (χ0v) is 11.7. The average molecular weight is 340 g/mol. The van der Waals surface area contributed by atoms with Crippen LogP contribution in [0.2, 0.25) is 0 Å². The molecule has 1 fully saturated rings. The minimum absolute atomic E-state index is 0.0147. The summed E-state index contributed by atoms with van der Waals surface area (Å²) < 4.78 is 51.2. The van der Waals surface area contributed by atoms with E-state index in [1.54, 1.807) is 12.1 Å². The number of anilines is 1. The molecule has 19 heavy (non-hydrogen) atoms. The molecule has 1 N–H and O–H groups in total. The Labute approximate surface area is 117 Å². The van der Waals surface area contributed by atoms with Crippen molar-refractivity contribution < 1.29 is 17.6 Å². The van der Waals surface area contributed by atoms with Crippen LogP contribution in [0.3, 0.4) is 0 Å². The summed E-state index contributed by atoms with van der Waals surface area (Å²) in [5, 5.41) is 3.09. The van der Waals surface area contributed by atoms with Gasteiger partial charge in [0.15, 0.2) is 0 Å². The second kappa shape index (κ2) is 5.69. The molecule has 0 atom stereocenters. The van der Waals surface area contributed by atoms with Crippen LogP contribution in [0.1, 0.15) is 25.7 Å². The topological polar surface area (TPSA) is 12.0 Å². The number of benzene rings is 1. The first-order valence-electron chi connectivity index (χ1n) is 6.14. The molecule has 0 spiro atoms. The molecule has 0 heterocycles. The quantitative estimate of drug-likeness (QED) is 0.737. The fraction of sp³-hybridized carbons (Fsp3) is 0.538. The molecule has 0 radical (unpaired) electrons. The number of hydrogen-bond donors (Lipinski definition) is 1. The molecule has 0 amide bonds. The molecule has 106 valence electrons. The monoisotopic (exact) mass is 339 g/mol. The van der Waals surface area contributed by atoms with Crippen molar-refractivity contribution in [2.45, 2.75) is 37.9 Å². The van der Waals surface area contributed by atoms with Crippen molar-refractivity contribution in [2.24, 2.45) is 5.92 Å². The smallest absolute Gasteiger partial charge is 0.382 e. The summed E-state index contributed by atoms with van der Waals surface area (Å²) in [4.78, 5) is 0. The molecular formula is C13H14BrF4N. The van der Waals surface area contributed by atoms with E-state index in [1.807, 2.05) is 0 Å². The third kappa shape index (κ3) is 3.84. The lowest BCUT2D eigenvalue weighted by atomic mass is 9.85.